The number of nitrogens with one attached hydrogen (secondary N) is 1. The summed E-state index contributed by atoms with van der Waals surface area (Å²) in [4.78, 5) is 21.9. The molecule has 1 unspecified atom stereocenters. The van der Waals surface area contributed by atoms with E-state index in [9.17, 15) is 9.59 Å². The number of carbonyl (C=O) groups excluding carboxylic acids is 1. The highest BCUT2D eigenvalue weighted by Crippen LogP contribution is 2.18. The molecule has 0 fully saturated rings. The van der Waals surface area contributed by atoms with Gasteiger partial charge in [-0.1, -0.05) is 13.3 Å². The van der Waals surface area contributed by atoms with E-state index < -0.39 is 12.1 Å². The highest BCUT2D eigenvalue weighted by molar-refractivity contribution is 5.88. The Labute approximate surface area is 112 Å². The summed E-state index contributed by atoms with van der Waals surface area (Å²) in [7, 11) is 0. The second-order valence-corrected chi connectivity index (χ2v) is 4.29. The molecule has 0 aromatic heterocycles. The minimum absolute atomic E-state index is 0.153. The number of amides is 1. The van der Waals surface area contributed by atoms with Crippen LogP contribution < -0.4 is 10.1 Å². The Balaban J connectivity index is 2.64. The third kappa shape index (κ3) is 5.42. The number of benzene rings is 1. The summed E-state index contributed by atoms with van der Waals surface area (Å²) >= 11 is 0. The maximum atomic E-state index is 11.0. The second kappa shape index (κ2) is 7.41. The van der Waals surface area contributed by atoms with Gasteiger partial charge < -0.3 is 15.2 Å². The van der Waals surface area contributed by atoms with Gasteiger partial charge in [0.05, 0.1) is 0 Å². The molecule has 2 N–H and O–H groups in total. The molecule has 0 aliphatic rings. The van der Waals surface area contributed by atoms with Crippen LogP contribution in [0, 0.1) is 0 Å². The number of anilines is 1. The predicted molar refractivity (Wildman–Crippen MR) is 72.3 cm³/mol. The minimum Gasteiger partial charge on any atom is -0.479 e. The number of hydrogen-bond acceptors (Lipinski definition) is 3. The van der Waals surface area contributed by atoms with E-state index in [2.05, 4.69) is 5.32 Å². The number of hydrogen-bond donors (Lipinski definition) is 2. The number of ether oxygens (including phenoxy) is 1. The number of unbranched alkanes of at least 4 members (excludes halogenated alkanes) is 1. The summed E-state index contributed by atoms with van der Waals surface area (Å²) in [6.07, 6.45) is 1.39. The molecule has 1 rings (SSSR count). The van der Waals surface area contributed by atoms with Gasteiger partial charge in [0.1, 0.15) is 5.75 Å². The van der Waals surface area contributed by atoms with Crippen molar-refractivity contribution >= 4 is 17.6 Å². The van der Waals surface area contributed by atoms with Crippen molar-refractivity contribution in [3.05, 3.63) is 24.3 Å². The molecule has 0 heterocycles. The maximum absolute atomic E-state index is 11.0. The van der Waals surface area contributed by atoms with Gasteiger partial charge in [-0.2, -0.15) is 0 Å². The topological polar surface area (TPSA) is 75.6 Å². The van der Waals surface area contributed by atoms with Gasteiger partial charge in [-0.3, -0.25) is 4.79 Å². The Morgan fingerprint density at radius 3 is 2.42 bits per heavy atom. The summed E-state index contributed by atoms with van der Waals surface area (Å²) in [5.74, 6) is -0.628. The first-order valence-corrected chi connectivity index (χ1v) is 6.30. The number of aliphatic carboxylic acids is 1. The monoisotopic (exact) mass is 265 g/mol. The second-order valence-electron chi connectivity index (χ2n) is 4.29. The molecule has 0 spiro atoms. The number of carboxylic acid groups (broad SMARTS) is 1. The van der Waals surface area contributed by atoms with Gasteiger partial charge in [0.15, 0.2) is 6.10 Å². The van der Waals surface area contributed by atoms with Crippen LogP contribution in [0.15, 0.2) is 24.3 Å². The summed E-state index contributed by atoms with van der Waals surface area (Å²) in [5, 5.41) is 11.7. The Morgan fingerprint density at radius 1 is 1.32 bits per heavy atom. The van der Waals surface area contributed by atoms with E-state index in [0.29, 0.717) is 17.9 Å². The number of carboxylic acids is 1. The quantitative estimate of drug-likeness (QED) is 0.794. The Hall–Kier alpha value is -2.04. The number of rotatable bonds is 7. The molecule has 1 aromatic carbocycles. The van der Waals surface area contributed by atoms with Gasteiger partial charge in [-0.25, -0.2) is 4.79 Å². The van der Waals surface area contributed by atoms with Gasteiger partial charge in [0, 0.05) is 12.6 Å². The van der Waals surface area contributed by atoms with Crippen LogP contribution in [0.5, 0.6) is 5.75 Å². The predicted octanol–water partition coefficient (Wildman–Crippen LogP) is 2.67. The molecule has 1 aromatic rings. The van der Waals surface area contributed by atoms with Crippen LogP contribution in [0.25, 0.3) is 0 Å². The maximum Gasteiger partial charge on any atom is 0.344 e. The van der Waals surface area contributed by atoms with E-state index in [0.717, 1.165) is 12.8 Å². The van der Waals surface area contributed by atoms with Crippen molar-refractivity contribution in [1.82, 2.24) is 0 Å². The zero-order valence-corrected chi connectivity index (χ0v) is 11.2. The van der Waals surface area contributed by atoms with E-state index in [1.165, 1.54) is 6.92 Å². The molecule has 1 amide bonds. The van der Waals surface area contributed by atoms with Crippen molar-refractivity contribution in [2.24, 2.45) is 0 Å². The van der Waals surface area contributed by atoms with Crippen LogP contribution in [0.2, 0.25) is 0 Å². The van der Waals surface area contributed by atoms with Crippen molar-refractivity contribution in [1.29, 1.82) is 0 Å². The summed E-state index contributed by atoms with van der Waals surface area (Å²) < 4.78 is 5.43. The van der Waals surface area contributed by atoms with Crippen molar-refractivity contribution in [3.8, 4) is 5.75 Å². The lowest BCUT2D eigenvalue weighted by Gasteiger charge is -2.15. The minimum atomic E-state index is -0.959. The molecule has 0 bridgehead atoms. The van der Waals surface area contributed by atoms with Gasteiger partial charge in [0.2, 0.25) is 5.91 Å². The Bertz CT molecular complexity index is 428. The van der Waals surface area contributed by atoms with E-state index in [1.807, 2.05) is 6.92 Å². The van der Waals surface area contributed by atoms with Crippen molar-refractivity contribution < 1.29 is 19.4 Å². The average molecular weight is 265 g/mol. The molecular weight excluding hydrogens is 246 g/mol. The average Bonchev–Trinajstić information content (AvgIpc) is 2.35. The summed E-state index contributed by atoms with van der Waals surface area (Å²) in [5.41, 5.74) is 0.653. The first-order chi connectivity index (χ1) is 9.02. The zero-order valence-electron chi connectivity index (χ0n) is 11.2. The Kier molecular flexibility index (Phi) is 5.85. The van der Waals surface area contributed by atoms with Gasteiger partial charge in [0.25, 0.3) is 0 Å². The van der Waals surface area contributed by atoms with E-state index in [-0.39, 0.29) is 5.91 Å². The molecule has 104 valence electrons. The smallest absolute Gasteiger partial charge is 0.344 e. The lowest BCUT2D eigenvalue weighted by Crippen LogP contribution is -2.26. The van der Waals surface area contributed by atoms with Crippen LogP contribution in [0.4, 0.5) is 5.69 Å². The third-order valence-electron chi connectivity index (χ3n) is 2.55. The molecule has 19 heavy (non-hydrogen) atoms. The van der Waals surface area contributed by atoms with Gasteiger partial charge >= 0.3 is 5.97 Å². The highest BCUT2D eigenvalue weighted by Gasteiger charge is 2.18. The largest absolute Gasteiger partial charge is 0.479 e. The van der Waals surface area contributed by atoms with Crippen LogP contribution in [-0.4, -0.2) is 23.1 Å². The fraction of sp³-hybridized carbons (Fsp3) is 0.429. The summed E-state index contributed by atoms with van der Waals surface area (Å²) in [6.45, 7) is 3.43. The molecule has 0 radical (unpaired) electrons. The van der Waals surface area contributed by atoms with E-state index in [4.69, 9.17) is 9.84 Å². The van der Waals surface area contributed by atoms with Crippen molar-refractivity contribution in [3.63, 3.8) is 0 Å². The van der Waals surface area contributed by atoms with Gasteiger partial charge in [-0.05, 0) is 37.1 Å². The molecular formula is C14H19NO4. The van der Waals surface area contributed by atoms with Crippen molar-refractivity contribution in [2.45, 2.75) is 39.2 Å². The van der Waals surface area contributed by atoms with Crippen LogP contribution in [-0.2, 0) is 9.59 Å². The van der Waals surface area contributed by atoms with Crippen LogP contribution >= 0.6 is 0 Å². The first kappa shape index (κ1) is 15.0. The van der Waals surface area contributed by atoms with Crippen molar-refractivity contribution in [2.75, 3.05) is 5.32 Å². The number of carbonyl (C=O) groups is 2. The van der Waals surface area contributed by atoms with E-state index in [1.54, 1.807) is 24.3 Å². The summed E-state index contributed by atoms with van der Waals surface area (Å²) in [6, 6.07) is 6.64. The van der Waals surface area contributed by atoms with Crippen LogP contribution in [0.3, 0.4) is 0 Å². The molecule has 5 heteroatoms. The molecule has 1 atom stereocenters. The molecule has 0 aliphatic carbocycles. The SMILES string of the molecule is CCCCC(Oc1ccc(NC(C)=O)cc1)C(=O)O. The molecule has 0 saturated carbocycles. The molecule has 5 nitrogen and oxygen atoms in total. The fourth-order valence-corrected chi connectivity index (χ4v) is 1.61. The fourth-order valence-electron chi connectivity index (χ4n) is 1.61. The third-order valence-corrected chi connectivity index (χ3v) is 2.55. The standard InChI is InChI=1S/C14H19NO4/c1-3-4-5-13(14(17)18)19-12-8-6-11(7-9-12)15-10(2)16/h6-9,13H,3-5H2,1-2H3,(H,15,16)(H,17,18). The molecule has 0 saturated heterocycles. The zero-order chi connectivity index (χ0) is 14.3. The highest BCUT2D eigenvalue weighted by atomic mass is 16.5. The normalized spacial score (nSPS) is 11.7. The van der Waals surface area contributed by atoms with Crippen LogP contribution in [0.1, 0.15) is 33.1 Å². The van der Waals surface area contributed by atoms with E-state index >= 15 is 0 Å². The van der Waals surface area contributed by atoms with Gasteiger partial charge in [-0.15, -0.1) is 0 Å². The Morgan fingerprint density at radius 2 is 1.95 bits per heavy atom. The molecule has 0 aliphatic heterocycles. The lowest BCUT2D eigenvalue weighted by molar-refractivity contribution is -0.145. The lowest BCUT2D eigenvalue weighted by atomic mass is 10.1. The first-order valence-electron chi connectivity index (χ1n) is 6.30.